The van der Waals surface area contributed by atoms with E-state index in [9.17, 15) is 0 Å². The van der Waals surface area contributed by atoms with E-state index in [0.717, 1.165) is 39.1 Å². The van der Waals surface area contributed by atoms with Crippen LogP contribution in [0.15, 0.2) is 126 Å². The summed E-state index contributed by atoms with van der Waals surface area (Å²) in [7, 11) is 0. The van der Waals surface area contributed by atoms with Crippen LogP contribution >= 0.6 is 0 Å². The first kappa shape index (κ1) is 20.3. The minimum atomic E-state index is 0.604. The molecule has 1 N–H and O–H groups in total. The number of nitrogens with zero attached hydrogens (tertiary/aromatic N) is 3. The average molecular weight is 427 g/mol. The number of aromatic nitrogens is 2. The maximum absolute atomic E-state index is 4.65. The van der Waals surface area contributed by atoms with Crippen LogP contribution in [0, 0.1) is 0 Å². The number of hydrogen-bond donors (Lipinski definition) is 1. The molecule has 4 aromatic carbocycles. The number of rotatable bonds is 6. The van der Waals surface area contributed by atoms with Gasteiger partial charge in [-0.2, -0.15) is 5.10 Å². The summed E-state index contributed by atoms with van der Waals surface area (Å²) in [6.07, 6.45) is 1.78. The van der Waals surface area contributed by atoms with Crippen molar-refractivity contribution in [2.24, 2.45) is 5.10 Å². The van der Waals surface area contributed by atoms with Crippen LogP contribution in [0.3, 0.4) is 0 Å². The molecule has 1 heterocycles. The van der Waals surface area contributed by atoms with Crippen LogP contribution in [0.5, 0.6) is 0 Å². The van der Waals surface area contributed by atoms with E-state index in [-0.39, 0.29) is 0 Å². The maximum atomic E-state index is 4.65. The lowest BCUT2D eigenvalue weighted by Gasteiger charge is -2.17. The smallest absolute Gasteiger partial charge is 0.177 e. The second-order valence-corrected chi connectivity index (χ2v) is 7.53. The Morgan fingerprint density at radius 3 is 1.58 bits per heavy atom. The average Bonchev–Trinajstić information content (AvgIpc) is 2.90. The monoisotopic (exact) mass is 426 g/mol. The number of hydrazone groups is 1. The molecule has 4 heteroatoms. The molecule has 0 fully saturated rings. The topological polar surface area (TPSA) is 50.2 Å². The lowest BCUT2D eigenvalue weighted by molar-refractivity contribution is 1.03. The van der Waals surface area contributed by atoms with Crippen LogP contribution in [-0.4, -0.2) is 16.4 Å². The number of benzene rings is 4. The molecule has 0 amide bonds. The Morgan fingerprint density at radius 1 is 0.515 bits per heavy atom. The third-order valence-electron chi connectivity index (χ3n) is 5.33. The lowest BCUT2D eigenvalue weighted by atomic mass is 9.91. The molecule has 0 unspecified atom stereocenters. The molecule has 0 bridgehead atoms. The van der Waals surface area contributed by atoms with Crippen molar-refractivity contribution in [3.05, 3.63) is 127 Å². The summed E-state index contributed by atoms with van der Waals surface area (Å²) in [6, 6.07) is 40.7. The Bertz CT molecular complexity index is 1350. The fourth-order valence-corrected chi connectivity index (χ4v) is 3.79. The Kier molecular flexibility index (Phi) is 5.98. The van der Waals surface area contributed by atoms with Crippen molar-refractivity contribution in [2.45, 2.75) is 0 Å². The predicted molar refractivity (Wildman–Crippen MR) is 136 cm³/mol. The van der Waals surface area contributed by atoms with E-state index in [1.165, 1.54) is 0 Å². The van der Waals surface area contributed by atoms with Crippen LogP contribution < -0.4 is 5.43 Å². The van der Waals surface area contributed by atoms with Gasteiger partial charge in [-0.25, -0.2) is 0 Å². The molecule has 33 heavy (non-hydrogen) atoms. The van der Waals surface area contributed by atoms with Crippen molar-refractivity contribution in [3.63, 3.8) is 0 Å². The summed E-state index contributed by atoms with van der Waals surface area (Å²) in [6.45, 7) is 0. The fraction of sp³-hybridized carbons (Fsp3) is 0. The summed E-state index contributed by atoms with van der Waals surface area (Å²) in [5, 5.41) is 13.7. The minimum Gasteiger partial charge on any atom is -0.259 e. The summed E-state index contributed by atoms with van der Waals surface area (Å²) in [5.74, 6) is 0.604. The Morgan fingerprint density at radius 2 is 1.00 bits per heavy atom. The molecule has 0 aliphatic rings. The number of nitrogens with one attached hydrogen (secondary N) is 1. The van der Waals surface area contributed by atoms with Crippen molar-refractivity contribution in [3.8, 4) is 33.5 Å². The van der Waals surface area contributed by atoms with E-state index in [4.69, 9.17) is 0 Å². The quantitative estimate of drug-likeness (QED) is 0.237. The third-order valence-corrected chi connectivity index (χ3v) is 5.33. The fourth-order valence-electron chi connectivity index (χ4n) is 3.79. The predicted octanol–water partition coefficient (Wildman–Crippen LogP) is 6.92. The molecule has 0 saturated heterocycles. The first-order chi connectivity index (χ1) is 16.4. The molecule has 5 aromatic rings. The summed E-state index contributed by atoms with van der Waals surface area (Å²) in [4.78, 5) is 0. The molecule has 0 aliphatic carbocycles. The molecule has 4 nitrogen and oxygen atoms in total. The molecular weight excluding hydrogens is 404 g/mol. The van der Waals surface area contributed by atoms with Gasteiger partial charge in [0, 0.05) is 16.7 Å². The van der Waals surface area contributed by atoms with Crippen molar-refractivity contribution < 1.29 is 0 Å². The van der Waals surface area contributed by atoms with Crippen LogP contribution in [0.1, 0.15) is 5.56 Å². The number of anilines is 1. The molecule has 158 valence electrons. The Balaban J connectivity index is 1.71. The van der Waals surface area contributed by atoms with Gasteiger partial charge in [0.25, 0.3) is 0 Å². The second kappa shape index (κ2) is 9.71. The molecule has 0 saturated carbocycles. The third kappa shape index (κ3) is 4.55. The van der Waals surface area contributed by atoms with Gasteiger partial charge in [-0.1, -0.05) is 121 Å². The molecule has 0 atom stereocenters. The SMILES string of the molecule is C(=N\Nc1nnc(-c2ccccc2)c(-c2ccccc2)c1-c1ccccc1)/c1ccccc1. The molecule has 0 radical (unpaired) electrons. The van der Waals surface area contributed by atoms with E-state index in [0.29, 0.717) is 5.82 Å². The minimum absolute atomic E-state index is 0.604. The molecule has 0 spiro atoms. The van der Waals surface area contributed by atoms with Gasteiger partial charge in [0.2, 0.25) is 0 Å². The van der Waals surface area contributed by atoms with Crippen molar-refractivity contribution >= 4 is 12.0 Å². The highest BCUT2D eigenvalue weighted by atomic mass is 15.3. The van der Waals surface area contributed by atoms with E-state index in [1.54, 1.807) is 6.21 Å². The van der Waals surface area contributed by atoms with E-state index < -0.39 is 0 Å². The van der Waals surface area contributed by atoms with Crippen LogP contribution in [0.2, 0.25) is 0 Å². The van der Waals surface area contributed by atoms with Gasteiger partial charge in [0.15, 0.2) is 5.82 Å². The Hall–Kier alpha value is -4.57. The van der Waals surface area contributed by atoms with Crippen LogP contribution in [0.25, 0.3) is 33.5 Å². The molecule has 0 aliphatic heterocycles. The van der Waals surface area contributed by atoms with Gasteiger partial charge >= 0.3 is 0 Å². The lowest BCUT2D eigenvalue weighted by Crippen LogP contribution is -2.03. The van der Waals surface area contributed by atoms with E-state index in [1.807, 2.05) is 84.9 Å². The zero-order chi connectivity index (χ0) is 22.3. The second-order valence-electron chi connectivity index (χ2n) is 7.53. The van der Waals surface area contributed by atoms with Crippen molar-refractivity contribution in [2.75, 3.05) is 5.43 Å². The molecular formula is C29H22N4. The van der Waals surface area contributed by atoms with Crippen LogP contribution in [-0.2, 0) is 0 Å². The van der Waals surface area contributed by atoms with Gasteiger partial charge in [-0.15, -0.1) is 10.2 Å². The zero-order valence-electron chi connectivity index (χ0n) is 18.0. The van der Waals surface area contributed by atoms with Gasteiger partial charge in [0.1, 0.15) is 5.69 Å². The molecule has 5 rings (SSSR count). The summed E-state index contributed by atoms with van der Waals surface area (Å²) in [5.41, 5.74) is 10.1. The van der Waals surface area contributed by atoms with Crippen molar-refractivity contribution in [1.82, 2.24) is 10.2 Å². The van der Waals surface area contributed by atoms with Gasteiger partial charge in [-0.3, -0.25) is 5.43 Å². The first-order valence-corrected chi connectivity index (χ1v) is 10.8. The highest BCUT2D eigenvalue weighted by Crippen LogP contribution is 2.41. The van der Waals surface area contributed by atoms with Gasteiger partial charge in [-0.05, 0) is 16.7 Å². The van der Waals surface area contributed by atoms with E-state index >= 15 is 0 Å². The van der Waals surface area contributed by atoms with E-state index in [2.05, 4.69) is 57.1 Å². The first-order valence-electron chi connectivity index (χ1n) is 10.8. The normalized spacial score (nSPS) is 10.9. The largest absolute Gasteiger partial charge is 0.259 e. The van der Waals surface area contributed by atoms with Crippen LogP contribution in [0.4, 0.5) is 5.82 Å². The summed E-state index contributed by atoms with van der Waals surface area (Å²) >= 11 is 0. The molecule has 1 aromatic heterocycles. The summed E-state index contributed by atoms with van der Waals surface area (Å²) < 4.78 is 0. The number of hydrogen-bond acceptors (Lipinski definition) is 4. The van der Waals surface area contributed by atoms with Gasteiger partial charge in [0.05, 0.1) is 6.21 Å². The maximum Gasteiger partial charge on any atom is 0.177 e. The van der Waals surface area contributed by atoms with Gasteiger partial charge < -0.3 is 0 Å². The highest BCUT2D eigenvalue weighted by molar-refractivity contribution is 5.97. The van der Waals surface area contributed by atoms with Crippen molar-refractivity contribution in [1.29, 1.82) is 0 Å². The Labute approximate surface area is 193 Å². The highest BCUT2D eigenvalue weighted by Gasteiger charge is 2.20. The standard InChI is InChI=1S/C29H22N4/c1-5-13-22(14-6-1)21-30-32-29-27(24-17-9-3-10-18-24)26(23-15-7-2-8-16-23)28(31-33-29)25-19-11-4-12-20-25/h1-21H,(H,32,33)/b30-21+. The zero-order valence-corrected chi connectivity index (χ0v) is 18.0.